The molecule has 1 unspecified atom stereocenters. The molecule has 8 heteroatoms. The topological polar surface area (TPSA) is 99.5 Å². The van der Waals surface area contributed by atoms with Gasteiger partial charge in [-0.3, -0.25) is 18.7 Å². The van der Waals surface area contributed by atoms with Crippen LogP contribution in [0.3, 0.4) is 0 Å². The van der Waals surface area contributed by atoms with Gasteiger partial charge in [0, 0.05) is 20.0 Å². The molecule has 1 aromatic rings. The number of aliphatic imine (C=N–C) groups is 1. The summed E-state index contributed by atoms with van der Waals surface area (Å²) in [6.45, 7) is 5.57. The molecule has 1 rings (SSSR count). The molecule has 1 aromatic heterocycles. The standard InChI is InChI=1S/C14H22N4O3S/c1-6-8(2)10(19)7-22-9(3)16-12-11(15)13(20)18(5)14(21)17(12)4/h8H,6-7,15H2,1-5H3. The fourth-order valence-electron chi connectivity index (χ4n) is 1.72. The van der Waals surface area contributed by atoms with Crippen molar-refractivity contribution in [3.8, 4) is 0 Å². The van der Waals surface area contributed by atoms with Crippen LogP contribution < -0.4 is 17.0 Å². The molecule has 0 spiro atoms. The molecule has 0 fully saturated rings. The molecule has 2 N–H and O–H groups in total. The smallest absolute Gasteiger partial charge is 0.332 e. The van der Waals surface area contributed by atoms with E-state index in [1.54, 1.807) is 6.92 Å². The van der Waals surface area contributed by atoms with Gasteiger partial charge < -0.3 is 5.73 Å². The average Bonchev–Trinajstić information content (AvgIpc) is 2.51. The first-order valence-corrected chi connectivity index (χ1v) is 7.95. The van der Waals surface area contributed by atoms with Crippen LogP contribution in [0.4, 0.5) is 11.5 Å². The number of nitrogens with zero attached hydrogens (tertiary/aromatic N) is 3. The second kappa shape index (κ2) is 7.44. The van der Waals surface area contributed by atoms with Crippen LogP contribution in [0.2, 0.25) is 0 Å². The number of rotatable bonds is 5. The number of hydrogen-bond donors (Lipinski definition) is 1. The number of Topliss-reactive ketones (excluding diaryl/α,β-unsaturated/α-hetero) is 1. The van der Waals surface area contributed by atoms with E-state index in [-0.39, 0.29) is 23.2 Å². The summed E-state index contributed by atoms with van der Waals surface area (Å²) in [5, 5.41) is 0.576. The van der Waals surface area contributed by atoms with Gasteiger partial charge >= 0.3 is 5.69 Å². The van der Waals surface area contributed by atoms with Crippen molar-refractivity contribution in [1.82, 2.24) is 9.13 Å². The van der Waals surface area contributed by atoms with E-state index in [9.17, 15) is 14.4 Å². The fourth-order valence-corrected chi connectivity index (χ4v) is 2.51. The largest absolute Gasteiger partial charge is 0.391 e. The Morgan fingerprint density at radius 2 is 1.91 bits per heavy atom. The van der Waals surface area contributed by atoms with E-state index in [0.29, 0.717) is 10.8 Å². The van der Waals surface area contributed by atoms with Gasteiger partial charge in [0.1, 0.15) is 11.5 Å². The Morgan fingerprint density at radius 1 is 1.32 bits per heavy atom. The second-order valence-electron chi connectivity index (χ2n) is 5.14. The predicted molar refractivity (Wildman–Crippen MR) is 91.0 cm³/mol. The summed E-state index contributed by atoms with van der Waals surface area (Å²) in [7, 11) is 2.86. The lowest BCUT2D eigenvalue weighted by molar-refractivity contribution is -0.119. The molecule has 0 aliphatic carbocycles. The Hall–Kier alpha value is -1.83. The highest BCUT2D eigenvalue weighted by atomic mass is 32.2. The third-order valence-corrected chi connectivity index (χ3v) is 4.45. The Bertz CT molecular complexity index is 681. The molecule has 0 aliphatic heterocycles. The van der Waals surface area contributed by atoms with Crippen molar-refractivity contribution in [3.05, 3.63) is 20.8 Å². The number of anilines is 1. The molecule has 0 radical (unpaired) electrons. The van der Waals surface area contributed by atoms with Gasteiger partial charge in [-0.25, -0.2) is 9.79 Å². The molecule has 1 atom stereocenters. The van der Waals surface area contributed by atoms with Gasteiger partial charge in [0.25, 0.3) is 5.56 Å². The first kappa shape index (κ1) is 18.2. The van der Waals surface area contributed by atoms with Crippen molar-refractivity contribution in [3.63, 3.8) is 0 Å². The summed E-state index contributed by atoms with van der Waals surface area (Å²) in [5.41, 5.74) is 4.60. The van der Waals surface area contributed by atoms with Crippen LogP contribution in [0.1, 0.15) is 27.2 Å². The van der Waals surface area contributed by atoms with Crippen LogP contribution in [0.5, 0.6) is 0 Å². The van der Waals surface area contributed by atoms with E-state index < -0.39 is 11.2 Å². The second-order valence-corrected chi connectivity index (χ2v) is 6.31. The minimum Gasteiger partial charge on any atom is -0.391 e. The minimum absolute atomic E-state index is 0.0127. The highest BCUT2D eigenvalue weighted by Gasteiger charge is 2.14. The summed E-state index contributed by atoms with van der Waals surface area (Å²) in [5.74, 6) is 0.587. The zero-order valence-corrected chi connectivity index (χ0v) is 14.4. The van der Waals surface area contributed by atoms with Gasteiger partial charge in [-0.05, 0) is 13.3 Å². The Balaban J connectivity index is 3.06. The fraction of sp³-hybridized carbons (Fsp3) is 0.571. The van der Waals surface area contributed by atoms with E-state index in [1.165, 1.54) is 30.4 Å². The maximum absolute atomic E-state index is 11.9. The predicted octanol–water partition coefficient (Wildman–Crippen LogP) is 1.06. The summed E-state index contributed by atoms with van der Waals surface area (Å²) in [6.07, 6.45) is 0.797. The van der Waals surface area contributed by atoms with Crippen molar-refractivity contribution < 1.29 is 4.79 Å². The van der Waals surface area contributed by atoms with E-state index >= 15 is 0 Å². The van der Waals surface area contributed by atoms with Crippen LogP contribution in [-0.2, 0) is 18.9 Å². The van der Waals surface area contributed by atoms with Gasteiger partial charge in [0.15, 0.2) is 5.82 Å². The molecule has 0 aromatic carbocycles. The SMILES string of the molecule is CCC(C)C(=O)CSC(C)=Nc1c(N)c(=O)n(C)c(=O)n1C. The summed E-state index contributed by atoms with van der Waals surface area (Å²) in [6, 6.07) is 0. The lowest BCUT2D eigenvalue weighted by Crippen LogP contribution is -2.38. The average molecular weight is 326 g/mol. The quantitative estimate of drug-likeness (QED) is 0.644. The number of nitrogen functional groups attached to an aromatic ring is 1. The van der Waals surface area contributed by atoms with Gasteiger partial charge in [-0.2, -0.15) is 0 Å². The first-order valence-electron chi connectivity index (χ1n) is 6.96. The molecule has 1 heterocycles. The third kappa shape index (κ3) is 3.88. The molecule has 122 valence electrons. The van der Waals surface area contributed by atoms with Crippen molar-refractivity contribution in [2.75, 3.05) is 11.5 Å². The summed E-state index contributed by atoms with van der Waals surface area (Å²) < 4.78 is 2.15. The van der Waals surface area contributed by atoms with E-state index in [2.05, 4.69) is 4.99 Å². The van der Waals surface area contributed by atoms with Crippen LogP contribution in [0.25, 0.3) is 0 Å². The number of hydrogen-bond acceptors (Lipinski definition) is 6. The first-order chi connectivity index (χ1) is 10.2. The molecule has 0 amide bonds. The van der Waals surface area contributed by atoms with Crippen LogP contribution in [0.15, 0.2) is 14.6 Å². The minimum atomic E-state index is -0.574. The summed E-state index contributed by atoms with van der Waals surface area (Å²) in [4.78, 5) is 39.7. The Kier molecular flexibility index (Phi) is 6.16. The monoisotopic (exact) mass is 326 g/mol. The van der Waals surface area contributed by atoms with Crippen molar-refractivity contribution in [2.24, 2.45) is 25.0 Å². The van der Waals surface area contributed by atoms with Gasteiger partial charge in [0.2, 0.25) is 0 Å². The van der Waals surface area contributed by atoms with E-state index in [0.717, 1.165) is 11.0 Å². The number of ketones is 1. The van der Waals surface area contributed by atoms with Crippen LogP contribution in [-0.4, -0.2) is 25.7 Å². The van der Waals surface area contributed by atoms with Crippen molar-refractivity contribution in [2.45, 2.75) is 27.2 Å². The number of carbonyl (C=O) groups is 1. The van der Waals surface area contributed by atoms with Crippen molar-refractivity contribution >= 4 is 34.1 Å². The van der Waals surface area contributed by atoms with Crippen LogP contribution >= 0.6 is 11.8 Å². The summed E-state index contributed by atoms with van der Waals surface area (Å²) >= 11 is 1.28. The highest BCUT2D eigenvalue weighted by Crippen LogP contribution is 2.18. The maximum Gasteiger partial charge on any atom is 0.332 e. The molecule has 22 heavy (non-hydrogen) atoms. The van der Waals surface area contributed by atoms with Crippen LogP contribution in [0, 0.1) is 5.92 Å². The lowest BCUT2D eigenvalue weighted by Gasteiger charge is -2.10. The molecule has 0 aliphatic rings. The Labute approximate surface area is 133 Å². The third-order valence-electron chi connectivity index (χ3n) is 3.52. The van der Waals surface area contributed by atoms with Gasteiger partial charge in [-0.1, -0.05) is 13.8 Å². The molecular weight excluding hydrogens is 304 g/mol. The number of carbonyl (C=O) groups excluding carboxylic acids is 1. The van der Waals surface area contributed by atoms with Gasteiger partial charge in [-0.15, -0.1) is 11.8 Å². The maximum atomic E-state index is 11.9. The number of aromatic nitrogens is 2. The zero-order valence-electron chi connectivity index (χ0n) is 13.5. The zero-order chi connectivity index (χ0) is 17.0. The number of thioether (sulfide) groups is 1. The Morgan fingerprint density at radius 3 is 2.45 bits per heavy atom. The molecule has 7 nitrogen and oxygen atoms in total. The molecule has 0 saturated carbocycles. The number of nitrogens with two attached hydrogens (primary N) is 1. The normalized spacial score (nSPS) is 13.2. The molecule has 0 bridgehead atoms. The van der Waals surface area contributed by atoms with Crippen molar-refractivity contribution in [1.29, 1.82) is 0 Å². The van der Waals surface area contributed by atoms with E-state index in [1.807, 2.05) is 13.8 Å². The van der Waals surface area contributed by atoms with E-state index in [4.69, 9.17) is 5.73 Å². The lowest BCUT2D eigenvalue weighted by atomic mass is 10.1. The molecular formula is C14H22N4O3S. The highest BCUT2D eigenvalue weighted by molar-refractivity contribution is 8.14. The molecule has 0 saturated heterocycles. The van der Waals surface area contributed by atoms with Gasteiger partial charge in [0.05, 0.1) is 10.8 Å².